The Morgan fingerprint density at radius 1 is 0.949 bits per heavy atom. The van der Waals surface area contributed by atoms with Crippen LogP contribution >= 0.6 is 11.9 Å². The summed E-state index contributed by atoms with van der Waals surface area (Å²) in [4.78, 5) is 22.4. The minimum atomic E-state index is -0.109. The lowest BCUT2D eigenvalue weighted by Crippen LogP contribution is -2.17. The third-order valence-electron chi connectivity index (χ3n) is 6.93. The predicted octanol–water partition coefficient (Wildman–Crippen LogP) is 9.00. The number of amides is 1. The van der Waals surface area contributed by atoms with Crippen LogP contribution in [0, 0.1) is 13.8 Å². The van der Waals surface area contributed by atoms with Gasteiger partial charge in [0.15, 0.2) is 5.82 Å². The van der Waals surface area contributed by atoms with Gasteiger partial charge in [-0.1, -0.05) is 63.8 Å². The Kier molecular flexibility index (Phi) is 10.4. The standard InChI is InChI=1S/C28H28N4OS.C5H12/c1-19-10-11-22(17-25(19)27-29-18-21-8-4-5-9-26(21)31-27)30-28(33)24-13-12-23(16-20(24)2)32-14-6-3-7-15-34-32;1-3-5-4-2/h4-5,8-13,16-18H,3,6-7,14-15H2,1-2H3,(H,30,33);3-5H2,1-2H3. The van der Waals surface area contributed by atoms with Crippen molar-refractivity contribution in [3.05, 3.63) is 83.6 Å². The second-order valence-corrected chi connectivity index (χ2v) is 11.2. The molecule has 1 N–H and O–H groups in total. The number of aromatic nitrogens is 2. The number of benzene rings is 3. The number of aryl methyl sites for hydroxylation is 2. The van der Waals surface area contributed by atoms with E-state index in [4.69, 9.17) is 4.98 Å². The van der Waals surface area contributed by atoms with E-state index in [0.717, 1.165) is 45.6 Å². The van der Waals surface area contributed by atoms with E-state index < -0.39 is 0 Å². The van der Waals surface area contributed by atoms with Crippen LogP contribution in [0.25, 0.3) is 22.3 Å². The first-order valence-corrected chi connectivity index (χ1v) is 15.1. The number of carbonyl (C=O) groups excluding carboxylic acids is 1. The van der Waals surface area contributed by atoms with Gasteiger partial charge in [-0.3, -0.25) is 4.79 Å². The highest BCUT2D eigenvalue weighted by Crippen LogP contribution is 2.30. The zero-order valence-electron chi connectivity index (χ0n) is 23.7. The molecule has 0 bridgehead atoms. The highest BCUT2D eigenvalue weighted by atomic mass is 32.2. The Morgan fingerprint density at radius 2 is 1.77 bits per heavy atom. The number of rotatable bonds is 6. The van der Waals surface area contributed by atoms with Gasteiger partial charge in [-0.2, -0.15) is 0 Å². The average molecular weight is 541 g/mol. The molecule has 0 saturated carbocycles. The Hall–Kier alpha value is -3.38. The minimum absolute atomic E-state index is 0.109. The van der Waals surface area contributed by atoms with Gasteiger partial charge in [0.2, 0.25) is 0 Å². The van der Waals surface area contributed by atoms with Crippen LogP contribution in [-0.2, 0) is 0 Å². The van der Waals surface area contributed by atoms with Crippen LogP contribution < -0.4 is 9.62 Å². The molecule has 1 aliphatic heterocycles. The summed E-state index contributed by atoms with van der Waals surface area (Å²) >= 11 is 1.89. The number of para-hydroxylation sites is 1. The zero-order valence-corrected chi connectivity index (χ0v) is 24.5. The Bertz CT molecular complexity index is 1390. The largest absolute Gasteiger partial charge is 0.322 e. The molecular formula is C33H40N4OS. The van der Waals surface area contributed by atoms with Crippen molar-refractivity contribution in [3.8, 4) is 11.4 Å². The molecule has 0 unspecified atom stereocenters. The minimum Gasteiger partial charge on any atom is -0.322 e. The van der Waals surface area contributed by atoms with Crippen molar-refractivity contribution in [3.63, 3.8) is 0 Å². The van der Waals surface area contributed by atoms with Crippen molar-refractivity contribution in [2.75, 3.05) is 21.9 Å². The summed E-state index contributed by atoms with van der Waals surface area (Å²) in [5.74, 6) is 1.70. The number of fused-ring (bicyclic) bond motifs is 1. The average Bonchev–Trinajstić information content (AvgIpc) is 3.24. The van der Waals surface area contributed by atoms with Crippen molar-refractivity contribution in [1.82, 2.24) is 9.97 Å². The summed E-state index contributed by atoms with van der Waals surface area (Å²) in [5, 5.41) is 4.07. The van der Waals surface area contributed by atoms with Gasteiger partial charge in [0.1, 0.15) is 0 Å². The summed E-state index contributed by atoms with van der Waals surface area (Å²) in [6, 6.07) is 19.9. The van der Waals surface area contributed by atoms with Gasteiger partial charge in [0.25, 0.3) is 5.91 Å². The molecule has 0 aliphatic carbocycles. The Labute approximate surface area is 237 Å². The molecule has 1 aromatic heterocycles. The quantitative estimate of drug-likeness (QED) is 0.247. The number of nitrogens with zero attached hydrogens (tertiary/aromatic N) is 3. The normalized spacial score (nSPS) is 13.4. The van der Waals surface area contributed by atoms with Gasteiger partial charge >= 0.3 is 0 Å². The van der Waals surface area contributed by atoms with Gasteiger partial charge in [0, 0.05) is 46.4 Å². The van der Waals surface area contributed by atoms with E-state index in [0.29, 0.717) is 11.4 Å². The van der Waals surface area contributed by atoms with E-state index in [2.05, 4.69) is 40.6 Å². The topological polar surface area (TPSA) is 58.1 Å². The molecule has 0 radical (unpaired) electrons. The first-order valence-electron chi connectivity index (χ1n) is 14.2. The molecule has 0 spiro atoms. The fourth-order valence-corrected chi connectivity index (χ4v) is 5.70. The monoisotopic (exact) mass is 540 g/mol. The van der Waals surface area contributed by atoms with Crippen LogP contribution in [0.3, 0.4) is 0 Å². The lowest BCUT2D eigenvalue weighted by atomic mass is 10.0. The van der Waals surface area contributed by atoms with Gasteiger partial charge in [-0.05, 0) is 86.2 Å². The molecule has 1 saturated heterocycles. The number of nitrogens with one attached hydrogen (secondary N) is 1. The first-order chi connectivity index (χ1) is 19.0. The highest BCUT2D eigenvalue weighted by Gasteiger charge is 2.16. The fourth-order valence-electron chi connectivity index (χ4n) is 4.63. The maximum absolute atomic E-state index is 13.1. The van der Waals surface area contributed by atoms with Crippen LogP contribution in [0.5, 0.6) is 0 Å². The van der Waals surface area contributed by atoms with Crippen molar-refractivity contribution >= 4 is 40.1 Å². The van der Waals surface area contributed by atoms with Crippen LogP contribution in [0.1, 0.15) is 73.9 Å². The van der Waals surface area contributed by atoms with Crippen LogP contribution in [0.15, 0.2) is 66.9 Å². The SMILES string of the molecule is CCCCC.Cc1cc(N2CCCCCS2)ccc1C(=O)Nc1ccc(C)c(-c2ncc3ccccc3n2)c1. The maximum atomic E-state index is 13.1. The molecule has 0 atom stereocenters. The molecule has 6 heteroatoms. The predicted molar refractivity (Wildman–Crippen MR) is 168 cm³/mol. The molecule has 1 amide bonds. The van der Waals surface area contributed by atoms with Crippen molar-refractivity contribution < 1.29 is 4.79 Å². The number of carbonyl (C=O) groups is 1. The maximum Gasteiger partial charge on any atom is 0.255 e. The molecular weight excluding hydrogens is 500 g/mol. The van der Waals surface area contributed by atoms with Gasteiger partial charge in [-0.15, -0.1) is 0 Å². The second kappa shape index (κ2) is 14.1. The van der Waals surface area contributed by atoms with E-state index in [9.17, 15) is 4.79 Å². The van der Waals surface area contributed by atoms with Crippen molar-refractivity contribution in [2.24, 2.45) is 0 Å². The number of hydrogen-bond acceptors (Lipinski definition) is 5. The third-order valence-corrected chi connectivity index (χ3v) is 8.10. The molecule has 4 aromatic rings. The van der Waals surface area contributed by atoms with Crippen LogP contribution in [-0.4, -0.2) is 28.2 Å². The van der Waals surface area contributed by atoms with E-state index in [-0.39, 0.29) is 5.91 Å². The molecule has 2 heterocycles. The summed E-state index contributed by atoms with van der Waals surface area (Å²) < 4.78 is 2.36. The fraction of sp³-hybridized carbons (Fsp3) is 0.364. The van der Waals surface area contributed by atoms with Gasteiger partial charge in [-0.25, -0.2) is 9.97 Å². The third kappa shape index (κ3) is 7.60. The first kappa shape index (κ1) is 28.6. The number of hydrogen-bond donors (Lipinski definition) is 1. The van der Waals surface area contributed by atoms with E-state index in [1.807, 2.05) is 80.5 Å². The molecule has 5 nitrogen and oxygen atoms in total. The molecule has 204 valence electrons. The molecule has 1 aliphatic rings. The van der Waals surface area contributed by atoms with E-state index in [1.54, 1.807) is 0 Å². The Morgan fingerprint density at radius 3 is 2.54 bits per heavy atom. The van der Waals surface area contributed by atoms with Gasteiger partial charge < -0.3 is 9.62 Å². The zero-order chi connectivity index (χ0) is 27.6. The lowest BCUT2D eigenvalue weighted by Gasteiger charge is -2.22. The van der Waals surface area contributed by atoms with Crippen LogP contribution in [0.4, 0.5) is 11.4 Å². The molecule has 1 fully saturated rings. The van der Waals surface area contributed by atoms with E-state index >= 15 is 0 Å². The number of anilines is 2. The van der Waals surface area contributed by atoms with Crippen molar-refractivity contribution in [1.29, 1.82) is 0 Å². The van der Waals surface area contributed by atoms with Crippen LogP contribution in [0.2, 0.25) is 0 Å². The molecule has 39 heavy (non-hydrogen) atoms. The molecule has 5 rings (SSSR count). The number of unbranched alkanes of at least 4 members (excludes halogenated alkanes) is 2. The summed E-state index contributed by atoms with van der Waals surface area (Å²) in [5.41, 5.74) is 6.44. The van der Waals surface area contributed by atoms with E-state index in [1.165, 1.54) is 44.2 Å². The van der Waals surface area contributed by atoms with Gasteiger partial charge in [0.05, 0.1) is 5.52 Å². The van der Waals surface area contributed by atoms with Crippen molar-refractivity contribution in [2.45, 2.75) is 66.2 Å². The summed E-state index contributed by atoms with van der Waals surface area (Å²) in [6.45, 7) is 9.51. The lowest BCUT2D eigenvalue weighted by molar-refractivity contribution is 0.102. The second-order valence-electron chi connectivity index (χ2n) is 10.1. The Balaban J connectivity index is 0.000000648. The smallest absolute Gasteiger partial charge is 0.255 e. The highest BCUT2D eigenvalue weighted by molar-refractivity contribution is 8.00. The summed E-state index contributed by atoms with van der Waals surface area (Å²) in [7, 11) is 0. The summed E-state index contributed by atoms with van der Waals surface area (Å²) in [6.07, 6.45) is 9.68. The molecule has 3 aromatic carbocycles.